The molecule has 0 radical (unpaired) electrons. The van der Waals surface area contributed by atoms with E-state index in [-0.39, 0.29) is 30.1 Å². The molecule has 7 nitrogen and oxygen atoms in total. The highest BCUT2D eigenvalue weighted by atomic mass is 35.5. The molecule has 1 aliphatic rings. The van der Waals surface area contributed by atoms with Gasteiger partial charge in [-0.3, -0.25) is 4.79 Å². The van der Waals surface area contributed by atoms with Gasteiger partial charge < -0.3 is 15.8 Å². The summed E-state index contributed by atoms with van der Waals surface area (Å²) in [5, 5.41) is 6.60. The lowest BCUT2D eigenvalue weighted by Crippen LogP contribution is -2.74. The molecule has 1 fully saturated rings. The third-order valence-corrected chi connectivity index (χ3v) is 5.11. The van der Waals surface area contributed by atoms with Gasteiger partial charge in [-0.2, -0.15) is 5.10 Å². The molecule has 9 heteroatoms. The molecule has 3 N–H and O–H groups in total. The van der Waals surface area contributed by atoms with Gasteiger partial charge in [0.2, 0.25) is 5.91 Å². The van der Waals surface area contributed by atoms with Gasteiger partial charge in [0, 0.05) is 24.1 Å². The molecular formula is C17H23ClFN5O2. The topological polar surface area (TPSA) is 95.1 Å². The summed E-state index contributed by atoms with van der Waals surface area (Å²) < 4.78 is 21.2. The average molecular weight is 384 g/mol. The van der Waals surface area contributed by atoms with Crippen LogP contribution in [-0.2, 0) is 9.53 Å². The first kappa shape index (κ1) is 20.3. The van der Waals surface area contributed by atoms with Gasteiger partial charge in [-0.15, -0.1) is 12.4 Å². The Labute approximate surface area is 157 Å². The molecule has 2 aromatic rings. The van der Waals surface area contributed by atoms with Crippen molar-refractivity contribution in [2.75, 3.05) is 11.9 Å². The molecule has 0 bridgehead atoms. The molecule has 2 atom stereocenters. The molecule has 1 heterocycles. The zero-order valence-corrected chi connectivity index (χ0v) is 15.7. The standard InChI is InChI=1S/C17H22FN5O2.ClH/c1-4-25-14-8-17(19,16(14,2)3)15(24)22-11-5-6-13(12(18)7-11)23-10-20-9-21-23;/h5-7,9-10,14H,4,8,19H2,1-3H3,(H,22,24);1H. The lowest BCUT2D eigenvalue weighted by atomic mass is 9.54. The number of nitrogens with one attached hydrogen (secondary N) is 1. The number of hydrogen-bond acceptors (Lipinski definition) is 5. The second kappa shape index (κ2) is 7.30. The summed E-state index contributed by atoms with van der Waals surface area (Å²) in [5.74, 6) is -0.865. The Balaban J connectivity index is 0.00000243. The molecule has 2 unspecified atom stereocenters. The summed E-state index contributed by atoms with van der Waals surface area (Å²) in [5.41, 5.74) is 5.35. The Morgan fingerprint density at radius 2 is 2.23 bits per heavy atom. The minimum atomic E-state index is -1.06. The van der Waals surface area contributed by atoms with Crippen LogP contribution in [0.15, 0.2) is 30.9 Å². The number of rotatable bonds is 5. The highest BCUT2D eigenvalue weighted by Crippen LogP contribution is 2.50. The van der Waals surface area contributed by atoms with Crippen molar-refractivity contribution in [3.63, 3.8) is 0 Å². The maximum absolute atomic E-state index is 14.3. The number of carbonyl (C=O) groups excluding carboxylic acids is 1. The van der Waals surface area contributed by atoms with Crippen molar-refractivity contribution in [1.29, 1.82) is 0 Å². The fraction of sp³-hybridized carbons (Fsp3) is 0.471. The lowest BCUT2D eigenvalue weighted by molar-refractivity contribution is -0.166. The number of anilines is 1. The fourth-order valence-electron chi connectivity index (χ4n) is 3.17. The van der Waals surface area contributed by atoms with Crippen LogP contribution in [-0.4, -0.2) is 38.9 Å². The maximum atomic E-state index is 14.3. The van der Waals surface area contributed by atoms with Crippen molar-refractivity contribution in [3.8, 4) is 5.69 Å². The Bertz CT molecular complexity index is 783. The van der Waals surface area contributed by atoms with Gasteiger partial charge in [0.25, 0.3) is 0 Å². The van der Waals surface area contributed by atoms with Crippen molar-refractivity contribution < 1.29 is 13.9 Å². The van der Waals surface area contributed by atoms with E-state index in [1.54, 1.807) is 6.07 Å². The first-order valence-electron chi connectivity index (χ1n) is 8.16. The monoisotopic (exact) mass is 383 g/mol. The molecule has 1 aromatic carbocycles. The minimum Gasteiger partial charge on any atom is -0.378 e. The fourth-order valence-corrected chi connectivity index (χ4v) is 3.17. The largest absolute Gasteiger partial charge is 0.378 e. The smallest absolute Gasteiger partial charge is 0.245 e. The first-order chi connectivity index (χ1) is 11.8. The molecule has 3 rings (SSSR count). The quantitative estimate of drug-likeness (QED) is 0.826. The third kappa shape index (κ3) is 3.20. The molecule has 1 aliphatic carbocycles. The zero-order chi connectivity index (χ0) is 18.2. The number of nitrogens with zero attached hydrogens (tertiary/aromatic N) is 3. The Hall–Kier alpha value is -2.03. The molecule has 0 spiro atoms. The lowest BCUT2D eigenvalue weighted by Gasteiger charge is -2.57. The van der Waals surface area contributed by atoms with E-state index in [0.29, 0.717) is 18.7 Å². The first-order valence-corrected chi connectivity index (χ1v) is 8.16. The van der Waals surface area contributed by atoms with E-state index >= 15 is 0 Å². The van der Waals surface area contributed by atoms with Crippen molar-refractivity contribution in [2.45, 2.75) is 38.8 Å². The summed E-state index contributed by atoms with van der Waals surface area (Å²) in [6, 6.07) is 4.37. The summed E-state index contributed by atoms with van der Waals surface area (Å²) in [6.45, 7) is 6.29. The molecule has 1 amide bonds. The van der Waals surface area contributed by atoms with Crippen LogP contribution in [0.25, 0.3) is 5.69 Å². The van der Waals surface area contributed by atoms with E-state index in [0.717, 1.165) is 0 Å². The molecule has 142 valence electrons. The van der Waals surface area contributed by atoms with Gasteiger partial charge in [-0.05, 0) is 25.1 Å². The van der Waals surface area contributed by atoms with Crippen LogP contribution < -0.4 is 11.1 Å². The minimum absolute atomic E-state index is 0. The van der Waals surface area contributed by atoms with E-state index in [9.17, 15) is 9.18 Å². The number of halogens is 2. The number of ether oxygens (including phenoxy) is 1. The summed E-state index contributed by atoms with van der Waals surface area (Å²) in [4.78, 5) is 16.5. The average Bonchev–Trinajstić information content (AvgIpc) is 3.08. The Morgan fingerprint density at radius 1 is 1.50 bits per heavy atom. The second-order valence-corrected chi connectivity index (χ2v) is 6.80. The van der Waals surface area contributed by atoms with Crippen molar-refractivity contribution in [1.82, 2.24) is 14.8 Å². The molecule has 26 heavy (non-hydrogen) atoms. The normalized spacial score (nSPS) is 23.7. The maximum Gasteiger partial charge on any atom is 0.245 e. The van der Waals surface area contributed by atoms with E-state index in [1.807, 2.05) is 20.8 Å². The van der Waals surface area contributed by atoms with E-state index in [1.165, 1.54) is 29.5 Å². The highest BCUT2D eigenvalue weighted by molar-refractivity contribution is 5.99. The van der Waals surface area contributed by atoms with Crippen LogP contribution in [0.4, 0.5) is 10.1 Å². The van der Waals surface area contributed by atoms with Gasteiger partial charge in [0.1, 0.15) is 23.9 Å². The number of aromatic nitrogens is 3. The molecule has 0 aliphatic heterocycles. The van der Waals surface area contributed by atoms with Gasteiger partial charge in [-0.25, -0.2) is 14.1 Å². The number of nitrogens with two attached hydrogens (primary N) is 1. The molecule has 1 saturated carbocycles. The molecule has 1 aromatic heterocycles. The van der Waals surface area contributed by atoms with Crippen LogP contribution in [0.3, 0.4) is 0 Å². The van der Waals surface area contributed by atoms with E-state index in [2.05, 4.69) is 15.4 Å². The zero-order valence-electron chi connectivity index (χ0n) is 14.9. The Morgan fingerprint density at radius 3 is 2.77 bits per heavy atom. The summed E-state index contributed by atoms with van der Waals surface area (Å²) >= 11 is 0. The van der Waals surface area contributed by atoms with Crippen LogP contribution >= 0.6 is 12.4 Å². The van der Waals surface area contributed by atoms with Crippen LogP contribution in [0, 0.1) is 11.2 Å². The van der Waals surface area contributed by atoms with Gasteiger partial charge in [0.15, 0.2) is 5.82 Å². The van der Waals surface area contributed by atoms with Crippen molar-refractivity contribution in [3.05, 3.63) is 36.7 Å². The van der Waals surface area contributed by atoms with Crippen LogP contribution in [0.1, 0.15) is 27.2 Å². The Kier molecular flexibility index (Phi) is 5.70. The van der Waals surface area contributed by atoms with Gasteiger partial charge in [-0.1, -0.05) is 13.8 Å². The summed E-state index contributed by atoms with van der Waals surface area (Å²) in [7, 11) is 0. The number of hydrogen-bond donors (Lipinski definition) is 2. The van der Waals surface area contributed by atoms with E-state index in [4.69, 9.17) is 10.5 Å². The predicted molar refractivity (Wildman–Crippen MR) is 97.9 cm³/mol. The highest BCUT2D eigenvalue weighted by Gasteiger charge is 2.62. The van der Waals surface area contributed by atoms with Crippen LogP contribution in [0.2, 0.25) is 0 Å². The summed E-state index contributed by atoms with van der Waals surface area (Å²) in [6.07, 6.45) is 3.08. The number of amides is 1. The SMILES string of the molecule is CCOC1CC(N)(C(=O)Nc2ccc(-n3cncn3)c(F)c2)C1(C)C.Cl. The predicted octanol–water partition coefficient (Wildman–Crippen LogP) is 2.30. The second-order valence-electron chi connectivity index (χ2n) is 6.80. The molecular weight excluding hydrogens is 361 g/mol. The van der Waals surface area contributed by atoms with Gasteiger partial charge in [0.05, 0.1) is 6.10 Å². The third-order valence-electron chi connectivity index (χ3n) is 5.11. The van der Waals surface area contributed by atoms with Crippen LogP contribution in [0.5, 0.6) is 0 Å². The van der Waals surface area contributed by atoms with Crippen molar-refractivity contribution in [2.24, 2.45) is 11.1 Å². The molecule has 0 saturated heterocycles. The number of carbonyl (C=O) groups is 1. The van der Waals surface area contributed by atoms with E-state index < -0.39 is 16.8 Å². The van der Waals surface area contributed by atoms with Crippen molar-refractivity contribution >= 4 is 24.0 Å². The van der Waals surface area contributed by atoms with Gasteiger partial charge >= 0.3 is 0 Å². The number of benzene rings is 1.